The first-order valence-electron chi connectivity index (χ1n) is 7.42. The van der Waals surface area contributed by atoms with Gasteiger partial charge in [-0.2, -0.15) is 0 Å². The summed E-state index contributed by atoms with van der Waals surface area (Å²) in [5, 5.41) is -0.462. The molecule has 3 aromatic rings. The summed E-state index contributed by atoms with van der Waals surface area (Å²) in [5.41, 5.74) is -1.60. The van der Waals surface area contributed by atoms with Crippen molar-refractivity contribution in [3.8, 4) is 5.69 Å². The lowest BCUT2D eigenvalue weighted by molar-refractivity contribution is 0.0519. The van der Waals surface area contributed by atoms with E-state index in [4.69, 9.17) is 9.15 Å². The first-order chi connectivity index (χ1) is 12.4. The van der Waals surface area contributed by atoms with Crippen LogP contribution in [0.25, 0.3) is 16.6 Å². The van der Waals surface area contributed by atoms with Gasteiger partial charge >= 0.3 is 5.97 Å². The molecular formula is C17H12F3NO4S. The van der Waals surface area contributed by atoms with Crippen molar-refractivity contribution in [2.24, 2.45) is 0 Å². The van der Waals surface area contributed by atoms with Gasteiger partial charge in [-0.3, -0.25) is 9.36 Å². The minimum absolute atomic E-state index is 0.00197. The molecule has 0 spiro atoms. The van der Waals surface area contributed by atoms with E-state index in [0.717, 1.165) is 16.3 Å². The van der Waals surface area contributed by atoms with Gasteiger partial charge in [0.15, 0.2) is 17.5 Å². The van der Waals surface area contributed by atoms with E-state index in [9.17, 15) is 22.8 Å². The Morgan fingerprint density at radius 2 is 2.04 bits per heavy atom. The molecule has 9 heteroatoms. The molecule has 0 atom stereocenters. The summed E-state index contributed by atoms with van der Waals surface area (Å²) in [4.78, 5) is 25.1. The number of esters is 1. The molecule has 136 valence electrons. The number of hydrogen-bond acceptors (Lipinski definition) is 5. The summed E-state index contributed by atoms with van der Waals surface area (Å²) >= 11 is 0.960. The number of pyridine rings is 1. The smallest absolute Gasteiger partial charge is 0.344 e. The summed E-state index contributed by atoms with van der Waals surface area (Å²) in [7, 11) is 0. The molecule has 2 aromatic heterocycles. The number of carbonyl (C=O) groups is 1. The Bertz CT molecular complexity index is 1060. The summed E-state index contributed by atoms with van der Waals surface area (Å²) in [6.45, 7) is 1.56. The number of benzene rings is 1. The van der Waals surface area contributed by atoms with Crippen molar-refractivity contribution in [3.63, 3.8) is 0 Å². The van der Waals surface area contributed by atoms with Gasteiger partial charge in [-0.25, -0.2) is 18.0 Å². The maximum absolute atomic E-state index is 14.6. The van der Waals surface area contributed by atoms with Crippen LogP contribution >= 0.6 is 11.8 Å². The summed E-state index contributed by atoms with van der Waals surface area (Å²) in [5.74, 6) is -5.72. The highest BCUT2D eigenvalue weighted by molar-refractivity contribution is 7.98. The van der Waals surface area contributed by atoms with Crippen LogP contribution < -0.4 is 5.43 Å². The predicted molar refractivity (Wildman–Crippen MR) is 89.4 cm³/mol. The Morgan fingerprint density at radius 3 is 2.62 bits per heavy atom. The Hall–Kier alpha value is -2.68. The van der Waals surface area contributed by atoms with Gasteiger partial charge < -0.3 is 9.15 Å². The van der Waals surface area contributed by atoms with Crippen molar-refractivity contribution in [2.45, 2.75) is 11.9 Å². The van der Waals surface area contributed by atoms with E-state index in [-0.39, 0.29) is 17.3 Å². The van der Waals surface area contributed by atoms with Crippen LogP contribution in [0, 0.1) is 17.5 Å². The fourth-order valence-electron chi connectivity index (χ4n) is 2.63. The number of ether oxygens (including phenoxy) is 1. The van der Waals surface area contributed by atoms with E-state index in [1.54, 1.807) is 13.2 Å². The Morgan fingerprint density at radius 1 is 1.31 bits per heavy atom. The third-order valence-corrected chi connectivity index (χ3v) is 4.46. The van der Waals surface area contributed by atoms with E-state index in [1.807, 2.05) is 0 Å². The van der Waals surface area contributed by atoms with Gasteiger partial charge in [0, 0.05) is 6.07 Å². The molecule has 0 radical (unpaired) electrons. The lowest BCUT2D eigenvalue weighted by atomic mass is 10.1. The molecule has 0 aliphatic heterocycles. The molecule has 0 bridgehead atoms. The first-order valence-corrected chi connectivity index (χ1v) is 8.64. The zero-order chi connectivity index (χ0) is 19.0. The van der Waals surface area contributed by atoms with E-state index in [1.165, 1.54) is 18.6 Å². The molecule has 3 rings (SSSR count). The molecule has 0 amide bonds. The lowest BCUT2D eigenvalue weighted by Crippen LogP contribution is -2.24. The monoisotopic (exact) mass is 383 g/mol. The lowest BCUT2D eigenvalue weighted by Gasteiger charge is -2.18. The zero-order valence-corrected chi connectivity index (χ0v) is 14.5. The van der Waals surface area contributed by atoms with Gasteiger partial charge in [0.1, 0.15) is 11.8 Å². The summed E-state index contributed by atoms with van der Waals surface area (Å²) in [6.07, 6.45) is 4.06. The molecule has 0 aliphatic rings. The second kappa shape index (κ2) is 6.91. The second-order valence-corrected chi connectivity index (χ2v) is 5.93. The fraction of sp³-hybridized carbons (Fsp3) is 0.176. The van der Waals surface area contributed by atoms with Crippen molar-refractivity contribution >= 4 is 28.6 Å². The molecule has 0 saturated heterocycles. The minimum atomic E-state index is -1.72. The second-order valence-electron chi connectivity index (χ2n) is 5.13. The Kier molecular flexibility index (Phi) is 4.82. The minimum Gasteiger partial charge on any atom is -0.470 e. The van der Waals surface area contributed by atoms with Gasteiger partial charge in [-0.15, -0.1) is 11.8 Å². The van der Waals surface area contributed by atoms with E-state index in [0.29, 0.717) is 6.07 Å². The topological polar surface area (TPSA) is 61.4 Å². The van der Waals surface area contributed by atoms with Crippen LogP contribution in [-0.4, -0.2) is 23.4 Å². The number of rotatable bonds is 4. The number of nitrogens with zero attached hydrogens (tertiary/aromatic N) is 1. The molecule has 0 fully saturated rings. The van der Waals surface area contributed by atoms with Crippen molar-refractivity contribution in [1.82, 2.24) is 4.57 Å². The Balaban J connectivity index is 2.59. The van der Waals surface area contributed by atoms with Crippen molar-refractivity contribution in [1.29, 1.82) is 0 Å². The highest BCUT2D eigenvalue weighted by Crippen LogP contribution is 2.31. The van der Waals surface area contributed by atoms with Crippen LogP contribution in [0.2, 0.25) is 0 Å². The van der Waals surface area contributed by atoms with Crippen LogP contribution in [0.1, 0.15) is 17.3 Å². The maximum Gasteiger partial charge on any atom is 0.344 e. The van der Waals surface area contributed by atoms with Gasteiger partial charge in [-0.05, 0) is 19.2 Å². The highest BCUT2D eigenvalue weighted by atomic mass is 32.2. The zero-order valence-electron chi connectivity index (χ0n) is 13.6. The average Bonchev–Trinajstić information content (AvgIpc) is 3.14. The van der Waals surface area contributed by atoms with Gasteiger partial charge in [-0.1, -0.05) is 0 Å². The molecule has 26 heavy (non-hydrogen) atoms. The number of carbonyl (C=O) groups excluding carboxylic acids is 1. The summed E-state index contributed by atoms with van der Waals surface area (Å²) in [6, 6.07) is 2.00. The number of halogens is 3. The fourth-order valence-corrected chi connectivity index (χ4v) is 3.39. The largest absolute Gasteiger partial charge is 0.470 e. The van der Waals surface area contributed by atoms with Crippen LogP contribution in [0.4, 0.5) is 13.2 Å². The third-order valence-electron chi connectivity index (χ3n) is 3.69. The van der Waals surface area contributed by atoms with Crippen molar-refractivity contribution in [2.75, 3.05) is 12.9 Å². The molecule has 0 unspecified atom stereocenters. The van der Waals surface area contributed by atoms with Gasteiger partial charge in [0.25, 0.3) is 0 Å². The molecule has 0 saturated carbocycles. The number of aromatic nitrogens is 1. The van der Waals surface area contributed by atoms with E-state index in [2.05, 4.69) is 0 Å². The van der Waals surface area contributed by atoms with Gasteiger partial charge in [0.05, 0.1) is 34.5 Å². The predicted octanol–water partition coefficient (Wildman–Crippen LogP) is 3.90. The number of thioether (sulfide) groups is 1. The molecule has 0 aliphatic carbocycles. The SMILES string of the molecule is CCOC(=O)c1c(SC)n(-c2ccoc2)c2c(F)c(F)c(F)cc2c1=O. The Labute approximate surface area is 149 Å². The van der Waals surface area contributed by atoms with Crippen LogP contribution in [0.5, 0.6) is 0 Å². The molecule has 1 aromatic carbocycles. The normalized spacial score (nSPS) is 11.1. The maximum atomic E-state index is 14.6. The highest BCUT2D eigenvalue weighted by Gasteiger charge is 2.28. The van der Waals surface area contributed by atoms with Crippen LogP contribution in [-0.2, 0) is 4.74 Å². The summed E-state index contributed by atoms with van der Waals surface area (Å²) < 4.78 is 53.1. The molecular weight excluding hydrogens is 371 g/mol. The van der Waals surface area contributed by atoms with E-state index >= 15 is 0 Å². The van der Waals surface area contributed by atoms with Crippen LogP contribution in [0.3, 0.4) is 0 Å². The molecule has 2 heterocycles. The number of hydrogen-bond donors (Lipinski definition) is 0. The molecule has 5 nitrogen and oxygen atoms in total. The quantitative estimate of drug-likeness (QED) is 0.389. The van der Waals surface area contributed by atoms with Crippen molar-refractivity contribution < 1.29 is 27.1 Å². The number of furan rings is 1. The number of fused-ring (bicyclic) bond motifs is 1. The van der Waals surface area contributed by atoms with Crippen LogP contribution in [0.15, 0.2) is 38.9 Å². The standard InChI is InChI=1S/C17H12F3NO4S/c1-3-25-17(23)11-15(22)9-6-10(18)12(19)13(20)14(9)21(16(11)26-2)8-4-5-24-7-8/h4-7H,3H2,1-2H3. The van der Waals surface area contributed by atoms with Crippen molar-refractivity contribution in [3.05, 3.63) is 57.9 Å². The van der Waals surface area contributed by atoms with Gasteiger partial charge in [0.2, 0.25) is 5.43 Å². The first kappa shape index (κ1) is 18.1. The average molecular weight is 383 g/mol. The molecule has 0 N–H and O–H groups in total. The third kappa shape index (κ3) is 2.68. The van der Waals surface area contributed by atoms with E-state index < -0.39 is 45.3 Å².